The van der Waals surface area contributed by atoms with Gasteiger partial charge in [0.2, 0.25) is 0 Å². The standard InChI is InChI=1S/C10H8N2O5/c1-6(13)9(11-15)10(14)7-2-4-8(5-3-7)12(16)17/h2-5,14H,1H3. The van der Waals surface area contributed by atoms with E-state index in [0.717, 1.165) is 19.1 Å². The lowest BCUT2D eigenvalue weighted by Crippen LogP contribution is -1.98. The molecule has 0 unspecified atom stereocenters. The predicted molar refractivity (Wildman–Crippen MR) is 59.1 cm³/mol. The fourth-order valence-corrected chi connectivity index (χ4v) is 1.15. The Bertz CT molecular complexity index is 504. The average molecular weight is 236 g/mol. The number of non-ortho nitro benzene ring substituents is 1. The van der Waals surface area contributed by atoms with Crippen LogP contribution in [-0.2, 0) is 4.79 Å². The fraction of sp³-hybridized carbons (Fsp3) is 0.100. The second-order valence-corrected chi connectivity index (χ2v) is 3.15. The summed E-state index contributed by atoms with van der Waals surface area (Å²) in [4.78, 5) is 31.1. The number of nitrogens with zero attached hydrogens (tertiary/aromatic N) is 2. The summed E-state index contributed by atoms with van der Waals surface area (Å²) in [5.74, 6) is -1.28. The van der Waals surface area contributed by atoms with E-state index in [-0.39, 0.29) is 11.3 Å². The van der Waals surface area contributed by atoms with Crippen molar-refractivity contribution in [2.24, 2.45) is 5.18 Å². The largest absolute Gasteiger partial charge is 0.505 e. The van der Waals surface area contributed by atoms with Crippen LogP contribution in [0.25, 0.3) is 5.76 Å². The van der Waals surface area contributed by atoms with Crippen LogP contribution in [0, 0.1) is 15.0 Å². The summed E-state index contributed by atoms with van der Waals surface area (Å²) in [6.45, 7) is 1.08. The molecule has 0 aliphatic heterocycles. The highest BCUT2D eigenvalue weighted by atomic mass is 16.6. The number of benzene rings is 1. The Kier molecular flexibility index (Phi) is 3.66. The molecular formula is C10H8N2O5. The summed E-state index contributed by atoms with van der Waals surface area (Å²) >= 11 is 0. The Hall–Kier alpha value is -2.57. The van der Waals surface area contributed by atoms with Crippen molar-refractivity contribution in [1.82, 2.24) is 0 Å². The topological polar surface area (TPSA) is 110 Å². The van der Waals surface area contributed by atoms with Crippen LogP contribution in [0.3, 0.4) is 0 Å². The molecule has 0 aliphatic rings. The highest BCUT2D eigenvalue weighted by Gasteiger charge is 2.14. The third-order valence-electron chi connectivity index (χ3n) is 2.00. The number of nitroso groups, excluding NO2 is 1. The Balaban J connectivity index is 3.21. The zero-order valence-corrected chi connectivity index (χ0v) is 8.78. The van der Waals surface area contributed by atoms with E-state index in [4.69, 9.17) is 0 Å². The monoisotopic (exact) mass is 236 g/mol. The molecule has 7 nitrogen and oxygen atoms in total. The second-order valence-electron chi connectivity index (χ2n) is 3.15. The van der Waals surface area contributed by atoms with Gasteiger partial charge in [-0.25, -0.2) is 0 Å². The van der Waals surface area contributed by atoms with Gasteiger partial charge >= 0.3 is 0 Å². The summed E-state index contributed by atoms with van der Waals surface area (Å²) in [6.07, 6.45) is 0. The number of nitro benzene ring substituents is 1. The van der Waals surface area contributed by atoms with Crippen LogP contribution >= 0.6 is 0 Å². The van der Waals surface area contributed by atoms with Crippen molar-refractivity contribution in [1.29, 1.82) is 0 Å². The summed E-state index contributed by atoms with van der Waals surface area (Å²) in [5, 5.41) is 22.4. The molecule has 0 bridgehead atoms. The van der Waals surface area contributed by atoms with E-state index in [1.54, 1.807) is 0 Å². The number of aliphatic hydroxyl groups is 1. The molecular weight excluding hydrogens is 228 g/mol. The lowest BCUT2D eigenvalue weighted by atomic mass is 10.1. The Morgan fingerprint density at radius 3 is 2.24 bits per heavy atom. The predicted octanol–water partition coefficient (Wildman–Crippen LogP) is 2.18. The molecule has 1 aromatic carbocycles. The SMILES string of the molecule is CC(=O)C(N=O)=C(O)c1ccc([N+](=O)[O-])cc1. The highest BCUT2D eigenvalue weighted by Crippen LogP contribution is 2.20. The smallest absolute Gasteiger partial charge is 0.269 e. The van der Waals surface area contributed by atoms with Crippen LogP contribution < -0.4 is 0 Å². The summed E-state index contributed by atoms with van der Waals surface area (Å²) < 4.78 is 0. The molecule has 0 amide bonds. The maximum absolute atomic E-state index is 10.9. The molecule has 7 heteroatoms. The molecule has 0 saturated heterocycles. The molecule has 17 heavy (non-hydrogen) atoms. The van der Waals surface area contributed by atoms with Gasteiger partial charge in [-0.15, -0.1) is 4.91 Å². The third-order valence-corrected chi connectivity index (χ3v) is 2.00. The minimum atomic E-state index is -0.684. The van der Waals surface area contributed by atoms with Crippen molar-refractivity contribution in [2.45, 2.75) is 6.92 Å². The number of carbonyl (C=O) groups excluding carboxylic acids is 1. The van der Waals surface area contributed by atoms with Crippen LogP contribution in [0.2, 0.25) is 0 Å². The van der Waals surface area contributed by atoms with Crippen LogP contribution in [0.1, 0.15) is 12.5 Å². The Labute approximate surface area is 95.5 Å². The molecule has 0 aromatic heterocycles. The first-order valence-electron chi connectivity index (χ1n) is 4.49. The van der Waals surface area contributed by atoms with Crippen LogP contribution in [0.4, 0.5) is 5.69 Å². The number of hydrogen-bond donors (Lipinski definition) is 1. The summed E-state index contributed by atoms with van der Waals surface area (Å²) in [5.41, 5.74) is -0.663. The van der Waals surface area contributed by atoms with Crippen molar-refractivity contribution < 1.29 is 14.8 Å². The Morgan fingerprint density at radius 2 is 1.88 bits per heavy atom. The number of allylic oxidation sites excluding steroid dienone is 1. The number of rotatable bonds is 4. The van der Waals surface area contributed by atoms with Crippen molar-refractivity contribution >= 4 is 17.2 Å². The van der Waals surface area contributed by atoms with Gasteiger partial charge in [-0.1, -0.05) is 0 Å². The van der Waals surface area contributed by atoms with Crippen LogP contribution in [0.15, 0.2) is 35.1 Å². The van der Waals surface area contributed by atoms with E-state index in [9.17, 15) is 24.9 Å². The number of nitro groups is 1. The second kappa shape index (κ2) is 4.97. The zero-order valence-electron chi connectivity index (χ0n) is 8.78. The molecule has 0 atom stereocenters. The number of carbonyl (C=O) groups is 1. The van der Waals surface area contributed by atoms with Gasteiger partial charge in [0.15, 0.2) is 17.2 Å². The molecule has 0 heterocycles. The van der Waals surface area contributed by atoms with E-state index in [1.165, 1.54) is 12.1 Å². The molecule has 0 saturated carbocycles. The average Bonchev–Trinajstić information content (AvgIpc) is 2.29. The lowest BCUT2D eigenvalue weighted by Gasteiger charge is -2.01. The van der Waals surface area contributed by atoms with E-state index in [2.05, 4.69) is 5.18 Å². The Morgan fingerprint density at radius 1 is 1.35 bits per heavy atom. The molecule has 1 N–H and O–H groups in total. The van der Waals surface area contributed by atoms with Crippen molar-refractivity contribution in [3.8, 4) is 0 Å². The summed E-state index contributed by atoms with van der Waals surface area (Å²) in [6, 6.07) is 4.74. The van der Waals surface area contributed by atoms with E-state index in [1.807, 2.05) is 0 Å². The first-order valence-corrected chi connectivity index (χ1v) is 4.49. The van der Waals surface area contributed by atoms with Gasteiger partial charge in [0.25, 0.3) is 5.69 Å². The normalized spacial score (nSPS) is 11.6. The number of ketones is 1. The van der Waals surface area contributed by atoms with Gasteiger partial charge in [0, 0.05) is 24.6 Å². The first-order chi connectivity index (χ1) is 7.97. The van der Waals surface area contributed by atoms with Gasteiger partial charge in [0.1, 0.15) is 0 Å². The van der Waals surface area contributed by atoms with Crippen molar-refractivity contribution in [3.63, 3.8) is 0 Å². The molecule has 0 fully saturated rings. The molecule has 0 spiro atoms. The van der Waals surface area contributed by atoms with E-state index < -0.39 is 22.2 Å². The van der Waals surface area contributed by atoms with Gasteiger partial charge in [-0.05, 0) is 17.3 Å². The minimum Gasteiger partial charge on any atom is -0.505 e. The van der Waals surface area contributed by atoms with Gasteiger partial charge in [-0.3, -0.25) is 14.9 Å². The first kappa shape index (κ1) is 12.5. The molecule has 0 aliphatic carbocycles. The minimum absolute atomic E-state index is 0.111. The third kappa shape index (κ3) is 2.71. The van der Waals surface area contributed by atoms with Crippen LogP contribution in [-0.4, -0.2) is 15.8 Å². The van der Waals surface area contributed by atoms with E-state index in [0.29, 0.717) is 0 Å². The molecule has 1 aromatic rings. The molecule has 0 radical (unpaired) electrons. The lowest BCUT2D eigenvalue weighted by molar-refractivity contribution is -0.384. The maximum atomic E-state index is 10.9. The number of aliphatic hydroxyl groups excluding tert-OH is 1. The maximum Gasteiger partial charge on any atom is 0.269 e. The van der Waals surface area contributed by atoms with Gasteiger partial charge < -0.3 is 5.11 Å². The fourth-order valence-electron chi connectivity index (χ4n) is 1.15. The van der Waals surface area contributed by atoms with E-state index >= 15 is 0 Å². The molecule has 88 valence electrons. The van der Waals surface area contributed by atoms with Crippen LogP contribution in [0.5, 0.6) is 0 Å². The summed E-state index contributed by atoms with van der Waals surface area (Å²) in [7, 11) is 0. The van der Waals surface area contributed by atoms with Gasteiger partial charge in [0.05, 0.1) is 4.92 Å². The van der Waals surface area contributed by atoms with Gasteiger partial charge in [-0.2, -0.15) is 0 Å². The van der Waals surface area contributed by atoms with Crippen molar-refractivity contribution in [2.75, 3.05) is 0 Å². The highest BCUT2D eigenvalue weighted by molar-refractivity contribution is 5.99. The molecule has 1 rings (SSSR count). The number of hydrogen-bond acceptors (Lipinski definition) is 6. The number of Topliss-reactive ketones (excluding diaryl/α,β-unsaturated/α-hetero) is 1. The quantitative estimate of drug-likeness (QED) is 0.283. The zero-order chi connectivity index (χ0) is 13.0. The van der Waals surface area contributed by atoms with Crippen molar-refractivity contribution in [3.05, 3.63) is 50.5 Å².